The Hall–Kier alpha value is -1.18. The number of anilines is 1. The third-order valence-corrected chi connectivity index (χ3v) is 2.89. The van der Waals surface area contributed by atoms with E-state index in [2.05, 4.69) is 45.1 Å². The van der Waals surface area contributed by atoms with Gasteiger partial charge >= 0.3 is 0 Å². The van der Waals surface area contributed by atoms with Gasteiger partial charge in [0.1, 0.15) is 11.4 Å². The van der Waals surface area contributed by atoms with Crippen molar-refractivity contribution < 1.29 is 4.74 Å². The summed E-state index contributed by atoms with van der Waals surface area (Å²) in [4.78, 5) is 0. The summed E-state index contributed by atoms with van der Waals surface area (Å²) in [6.45, 7) is 9.50. The molecule has 1 N–H and O–H groups in total. The van der Waals surface area contributed by atoms with Crippen molar-refractivity contribution in [3.8, 4) is 5.75 Å². The fraction of sp³-hybridized carbons (Fsp3) is 0.647. The van der Waals surface area contributed by atoms with Crippen LogP contribution in [0.4, 0.5) is 5.69 Å². The summed E-state index contributed by atoms with van der Waals surface area (Å²) < 4.78 is 5.80. The second-order valence-electron chi connectivity index (χ2n) is 6.08. The van der Waals surface area contributed by atoms with Crippen LogP contribution in [0, 0.1) is 0 Å². The van der Waals surface area contributed by atoms with Gasteiger partial charge in [-0.2, -0.15) is 0 Å². The van der Waals surface area contributed by atoms with Crippen LogP contribution in [0.2, 0.25) is 0 Å². The first-order valence-corrected chi connectivity index (χ1v) is 7.54. The zero-order valence-corrected chi connectivity index (χ0v) is 13.0. The molecule has 0 unspecified atom stereocenters. The Bertz CT molecular complexity index is 337. The van der Waals surface area contributed by atoms with Crippen LogP contribution in [-0.2, 0) is 0 Å². The van der Waals surface area contributed by atoms with Gasteiger partial charge in [0.15, 0.2) is 0 Å². The Morgan fingerprint density at radius 2 is 1.58 bits per heavy atom. The number of nitrogens with one attached hydrogen (secondary N) is 1. The van der Waals surface area contributed by atoms with Gasteiger partial charge in [-0.1, -0.05) is 32.6 Å². The topological polar surface area (TPSA) is 21.3 Å². The van der Waals surface area contributed by atoms with Gasteiger partial charge in [-0.05, 0) is 51.5 Å². The maximum atomic E-state index is 5.80. The van der Waals surface area contributed by atoms with E-state index in [-0.39, 0.29) is 5.60 Å². The maximum absolute atomic E-state index is 5.80. The lowest BCUT2D eigenvalue weighted by Gasteiger charge is -2.21. The van der Waals surface area contributed by atoms with Crippen LogP contribution in [0.1, 0.15) is 59.8 Å². The molecule has 19 heavy (non-hydrogen) atoms. The van der Waals surface area contributed by atoms with E-state index in [4.69, 9.17) is 4.74 Å². The third-order valence-electron chi connectivity index (χ3n) is 2.89. The van der Waals surface area contributed by atoms with E-state index in [1.165, 1.54) is 37.8 Å². The third kappa shape index (κ3) is 7.76. The summed E-state index contributed by atoms with van der Waals surface area (Å²) in [6.07, 6.45) is 6.60. The highest BCUT2D eigenvalue weighted by Crippen LogP contribution is 2.20. The Morgan fingerprint density at radius 3 is 2.16 bits per heavy atom. The van der Waals surface area contributed by atoms with Crippen molar-refractivity contribution >= 4 is 5.69 Å². The van der Waals surface area contributed by atoms with E-state index in [0.29, 0.717) is 0 Å². The lowest BCUT2D eigenvalue weighted by molar-refractivity contribution is 0.131. The van der Waals surface area contributed by atoms with Crippen LogP contribution >= 0.6 is 0 Å². The van der Waals surface area contributed by atoms with Crippen molar-refractivity contribution in [1.82, 2.24) is 0 Å². The molecule has 1 aromatic carbocycles. The molecule has 0 saturated heterocycles. The lowest BCUT2D eigenvalue weighted by Crippen LogP contribution is -2.22. The lowest BCUT2D eigenvalue weighted by atomic mass is 10.1. The second-order valence-corrected chi connectivity index (χ2v) is 6.08. The van der Waals surface area contributed by atoms with E-state index in [9.17, 15) is 0 Å². The Morgan fingerprint density at radius 1 is 0.947 bits per heavy atom. The normalized spacial score (nSPS) is 11.4. The number of benzene rings is 1. The van der Waals surface area contributed by atoms with Gasteiger partial charge in [0.05, 0.1) is 0 Å². The van der Waals surface area contributed by atoms with E-state index in [0.717, 1.165) is 12.3 Å². The molecule has 2 heteroatoms. The summed E-state index contributed by atoms with van der Waals surface area (Å²) >= 11 is 0. The Balaban J connectivity index is 2.25. The highest BCUT2D eigenvalue weighted by atomic mass is 16.5. The first kappa shape index (κ1) is 15.9. The SMILES string of the molecule is CCCCCCCNc1ccc(OC(C)(C)C)cc1. The maximum Gasteiger partial charge on any atom is 0.120 e. The van der Waals surface area contributed by atoms with Gasteiger partial charge in [0.25, 0.3) is 0 Å². The molecule has 0 amide bonds. The monoisotopic (exact) mass is 263 g/mol. The Labute approximate surface area is 118 Å². The zero-order chi connectivity index (χ0) is 14.1. The molecule has 0 bridgehead atoms. The first-order chi connectivity index (χ1) is 9.01. The zero-order valence-electron chi connectivity index (χ0n) is 13.0. The molecule has 0 fully saturated rings. The van der Waals surface area contributed by atoms with Gasteiger partial charge in [-0.15, -0.1) is 0 Å². The molecule has 0 aromatic heterocycles. The number of ether oxygens (including phenoxy) is 1. The predicted molar refractivity (Wildman–Crippen MR) is 84.1 cm³/mol. The minimum Gasteiger partial charge on any atom is -0.488 e. The van der Waals surface area contributed by atoms with Gasteiger partial charge in [-0.3, -0.25) is 0 Å². The van der Waals surface area contributed by atoms with E-state index >= 15 is 0 Å². The highest BCUT2D eigenvalue weighted by Gasteiger charge is 2.11. The van der Waals surface area contributed by atoms with Crippen LogP contribution in [0.25, 0.3) is 0 Å². The number of hydrogen-bond acceptors (Lipinski definition) is 2. The molecule has 0 aliphatic rings. The minimum absolute atomic E-state index is 0.131. The van der Waals surface area contributed by atoms with Gasteiger partial charge in [0.2, 0.25) is 0 Å². The Kier molecular flexibility index (Phi) is 6.75. The molecule has 0 aliphatic heterocycles. The first-order valence-electron chi connectivity index (χ1n) is 7.54. The van der Waals surface area contributed by atoms with E-state index < -0.39 is 0 Å². The number of unbranched alkanes of at least 4 members (excludes halogenated alkanes) is 4. The van der Waals surface area contributed by atoms with Gasteiger partial charge < -0.3 is 10.1 Å². The quantitative estimate of drug-likeness (QED) is 0.647. The second kappa shape index (κ2) is 8.08. The molecule has 1 rings (SSSR count). The van der Waals surface area contributed by atoms with Crippen molar-refractivity contribution in [2.24, 2.45) is 0 Å². The molecule has 0 radical (unpaired) electrons. The van der Waals surface area contributed by atoms with E-state index in [1.54, 1.807) is 0 Å². The smallest absolute Gasteiger partial charge is 0.120 e. The van der Waals surface area contributed by atoms with E-state index in [1.807, 2.05) is 12.1 Å². The fourth-order valence-electron chi connectivity index (χ4n) is 1.96. The minimum atomic E-state index is -0.131. The number of hydrogen-bond donors (Lipinski definition) is 1. The summed E-state index contributed by atoms with van der Waals surface area (Å²) in [5.74, 6) is 0.931. The molecule has 108 valence electrons. The molecule has 0 saturated carbocycles. The highest BCUT2D eigenvalue weighted by molar-refractivity contribution is 5.46. The van der Waals surface area contributed by atoms with Crippen molar-refractivity contribution in [3.63, 3.8) is 0 Å². The fourth-order valence-corrected chi connectivity index (χ4v) is 1.96. The molecule has 0 aliphatic carbocycles. The molecule has 2 nitrogen and oxygen atoms in total. The average molecular weight is 263 g/mol. The predicted octanol–water partition coefficient (Wildman–Crippen LogP) is 5.25. The van der Waals surface area contributed by atoms with Crippen LogP contribution in [0.3, 0.4) is 0 Å². The van der Waals surface area contributed by atoms with Crippen LogP contribution in [-0.4, -0.2) is 12.1 Å². The van der Waals surface area contributed by atoms with Crippen molar-refractivity contribution in [1.29, 1.82) is 0 Å². The van der Waals surface area contributed by atoms with Crippen molar-refractivity contribution in [3.05, 3.63) is 24.3 Å². The summed E-state index contributed by atoms with van der Waals surface area (Å²) in [5, 5.41) is 3.46. The number of rotatable bonds is 8. The van der Waals surface area contributed by atoms with Crippen molar-refractivity contribution in [2.45, 2.75) is 65.4 Å². The molecule has 0 spiro atoms. The standard InChI is InChI=1S/C17H29NO/c1-5-6-7-8-9-14-18-15-10-12-16(13-11-15)19-17(2,3)4/h10-13,18H,5-9,14H2,1-4H3. The average Bonchev–Trinajstić information content (AvgIpc) is 2.34. The summed E-state index contributed by atoms with van der Waals surface area (Å²) in [5.41, 5.74) is 1.05. The molecular weight excluding hydrogens is 234 g/mol. The molecule has 1 aromatic rings. The largest absolute Gasteiger partial charge is 0.488 e. The van der Waals surface area contributed by atoms with Crippen LogP contribution in [0.5, 0.6) is 5.75 Å². The summed E-state index contributed by atoms with van der Waals surface area (Å²) in [6, 6.07) is 8.25. The molecule has 0 heterocycles. The van der Waals surface area contributed by atoms with Crippen molar-refractivity contribution in [2.75, 3.05) is 11.9 Å². The van der Waals surface area contributed by atoms with Gasteiger partial charge in [-0.25, -0.2) is 0 Å². The van der Waals surface area contributed by atoms with Crippen LogP contribution in [0.15, 0.2) is 24.3 Å². The van der Waals surface area contributed by atoms with Crippen LogP contribution < -0.4 is 10.1 Å². The molecular formula is C17H29NO. The van der Waals surface area contributed by atoms with Gasteiger partial charge in [0, 0.05) is 12.2 Å². The molecule has 0 atom stereocenters. The summed E-state index contributed by atoms with van der Waals surface area (Å²) in [7, 11) is 0.